The predicted molar refractivity (Wildman–Crippen MR) is 91.5 cm³/mol. The van der Waals surface area contributed by atoms with Gasteiger partial charge >= 0.3 is 6.18 Å². The van der Waals surface area contributed by atoms with Gasteiger partial charge in [-0.3, -0.25) is 4.79 Å². The first-order valence-corrected chi connectivity index (χ1v) is 7.77. The minimum absolute atomic E-state index is 0.0122. The molecule has 0 aliphatic rings. The molecule has 0 saturated carbocycles. The number of aromatic nitrogens is 1. The molecule has 6 heteroatoms. The first-order valence-electron chi connectivity index (χ1n) is 7.77. The molecule has 3 aromatic rings. The number of nitrogens with one attached hydrogen (secondary N) is 1. The minimum atomic E-state index is -4.51. The lowest BCUT2D eigenvalue weighted by Gasteiger charge is -2.13. The molecule has 0 aliphatic heterocycles. The van der Waals surface area contributed by atoms with E-state index < -0.39 is 17.3 Å². The smallest absolute Gasteiger partial charge is 0.321 e. The van der Waals surface area contributed by atoms with Gasteiger partial charge in [-0.25, -0.2) is 0 Å². The second kappa shape index (κ2) is 6.89. The molecule has 1 heterocycles. The maximum absolute atomic E-state index is 13.1. The fourth-order valence-electron chi connectivity index (χ4n) is 2.78. The summed E-state index contributed by atoms with van der Waals surface area (Å²) < 4.78 is 39.4. The van der Waals surface area contributed by atoms with Gasteiger partial charge in [-0.05, 0) is 23.3 Å². The second-order valence-corrected chi connectivity index (χ2v) is 5.72. The monoisotopic (exact) mass is 354 g/mol. The van der Waals surface area contributed by atoms with Crippen LogP contribution in [0.5, 0.6) is 0 Å². The topological polar surface area (TPSA) is 56.6 Å². The second-order valence-electron chi connectivity index (χ2n) is 5.72. The van der Waals surface area contributed by atoms with Crippen molar-refractivity contribution >= 4 is 0 Å². The van der Waals surface area contributed by atoms with Crippen molar-refractivity contribution in [3.63, 3.8) is 0 Å². The molecular weight excluding hydrogens is 341 g/mol. The molecule has 26 heavy (non-hydrogen) atoms. The van der Waals surface area contributed by atoms with E-state index in [0.29, 0.717) is 11.3 Å². The van der Waals surface area contributed by atoms with Crippen LogP contribution in [0, 0.1) is 11.3 Å². The Balaban J connectivity index is 2.07. The fraction of sp³-hybridized carbons (Fsp3) is 0.100. The number of nitriles is 1. The Hall–Kier alpha value is -3.33. The number of hydrogen-bond acceptors (Lipinski definition) is 2. The number of benzene rings is 2. The lowest BCUT2D eigenvalue weighted by Crippen LogP contribution is -2.17. The van der Waals surface area contributed by atoms with Crippen molar-refractivity contribution < 1.29 is 13.2 Å². The summed E-state index contributed by atoms with van der Waals surface area (Å²) in [5, 5.41) is 9.39. The largest absolute Gasteiger partial charge is 0.416 e. The molecule has 0 spiro atoms. The molecule has 0 atom stereocenters. The summed E-state index contributed by atoms with van der Waals surface area (Å²) in [7, 11) is 0. The van der Waals surface area contributed by atoms with Gasteiger partial charge in [0, 0.05) is 12.0 Å². The molecule has 130 valence electrons. The van der Waals surface area contributed by atoms with Crippen LogP contribution in [-0.2, 0) is 12.6 Å². The van der Waals surface area contributed by atoms with Gasteiger partial charge < -0.3 is 4.98 Å². The van der Waals surface area contributed by atoms with Gasteiger partial charge in [0.25, 0.3) is 5.56 Å². The molecule has 0 amide bonds. The van der Waals surface area contributed by atoms with E-state index in [1.807, 2.05) is 6.07 Å². The van der Waals surface area contributed by atoms with Crippen LogP contribution in [0.3, 0.4) is 0 Å². The molecule has 0 bridgehead atoms. The normalized spacial score (nSPS) is 11.2. The molecule has 3 rings (SSSR count). The van der Waals surface area contributed by atoms with E-state index in [1.165, 1.54) is 24.3 Å². The lowest BCUT2D eigenvalue weighted by molar-refractivity contribution is -0.138. The molecule has 0 aliphatic carbocycles. The van der Waals surface area contributed by atoms with Crippen molar-refractivity contribution in [1.29, 1.82) is 5.26 Å². The summed E-state index contributed by atoms with van der Waals surface area (Å²) in [6.45, 7) is 0. The highest BCUT2D eigenvalue weighted by Crippen LogP contribution is 2.32. The van der Waals surface area contributed by atoms with E-state index in [4.69, 9.17) is 0 Å². The van der Waals surface area contributed by atoms with Crippen LogP contribution < -0.4 is 5.56 Å². The van der Waals surface area contributed by atoms with Crippen molar-refractivity contribution in [2.24, 2.45) is 0 Å². The average molecular weight is 354 g/mol. The van der Waals surface area contributed by atoms with Crippen LogP contribution in [0.1, 0.15) is 22.3 Å². The molecular formula is C20H13F3N2O. The van der Waals surface area contributed by atoms with Crippen LogP contribution in [0.4, 0.5) is 13.2 Å². The number of hydrogen-bond donors (Lipinski definition) is 1. The Kier molecular flexibility index (Phi) is 4.63. The van der Waals surface area contributed by atoms with Gasteiger partial charge in [-0.2, -0.15) is 18.4 Å². The van der Waals surface area contributed by atoms with Crippen molar-refractivity contribution in [2.45, 2.75) is 12.6 Å². The summed E-state index contributed by atoms with van der Waals surface area (Å²) >= 11 is 0. The minimum Gasteiger partial charge on any atom is -0.321 e. The Labute approximate surface area is 147 Å². The van der Waals surface area contributed by atoms with E-state index >= 15 is 0 Å². The summed E-state index contributed by atoms with van der Waals surface area (Å²) in [6.07, 6.45) is -4.72. The molecule has 3 nitrogen and oxygen atoms in total. The van der Waals surface area contributed by atoms with Crippen LogP contribution >= 0.6 is 0 Å². The first kappa shape index (κ1) is 17.5. The van der Waals surface area contributed by atoms with Crippen molar-refractivity contribution in [1.82, 2.24) is 4.98 Å². The summed E-state index contributed by atoms with van der Waals surface area (Å²) in [5.74, 6) is 0. The highest BCUT2D eigenvalue weighted by Gasteiger charge is 2.33. The van der Waals surface area contributed by atoms with Gasteiger partial charge in [0.1, 0.15) is 6.07 Å². The zero-order valence-corrected chi connectivity index (χ0v) is 13.5. The summed E-state index contributed by atoms with van der Waals surface area (Å²) in [5.41, 5.74) is 0.00861. The number of halogens is 3. The van der Waals surface area contributed by atoms with Gasteiger partial charge in [-0.1, -0.05) is 48.5 Å². The van der Waals surface area contributed by atoms with Gasteiger partial charge in [0.15, 0.2) is 0 Å². The van der Waals surface area contributed by atoms with E-state index in [-0.39, 0.29) is 23.1 Å². The Morgan fingerprint density at radius 3 is 2.27 bits per heavy atom. The number of H-pyrrole nitrogens is 1. The first-order chi connectivity index (χ1) is 12.4. The van der Waals surface area contributed by atoms with E-state index in [1.54, 1.807) is 30.3 Å². The predicted octanol–water partition coefficient (Wildman–Crippen LogP) is 4.52. The van der Waals surface area contributed by atoms with Crippen LogP contribution in [0.25, 0.3) is 11.3 Å². The summed E-state index contributed by atoms with van der Waals surface area (Å²) in [4.78, 5) is 15.0. The quantitative estimate of drug-likeness (QED) is 0.752. The number of rotatable bonds is 3. The number of nitrogens with zero attached hydrogens (tertiary/aromatic N) is 1. The third-order valence-electron chi connectivity index (χ3n) is 4.00. The van der Waals surface area contributed by atoms with E-state index in [0.717, 1.165) is 6.07 Å². The average Bonchev–Trinajstić information content (AvgIpc) is 2.63. The standard InChI is InChI=1S/C20H13F3N2O/c21-20(22,23)17-9-5-4-8-14(17)10-15-11-16(12-24)18(25-19(15)26)13-6-2-1-3-7-13/h1-9,11H,10H2,(H,25,26). The summed E-state index contributed by atoms with van der Waals surface area (Å²) in [6, 6.07) is 17.3. The molecule has 0 radical (unpaired) electrons. The zero-order chi connectivity index (χ0) is 18.7. The van der Waals surface area contributed by atoms with Crippen molar-refractivity contribution in [3.05, 3.63) is 93.3 Å². The highest BCUT2D eigenvalue weighted by atomic mass is 19.4. The fourth-order valence-corrected chi connectivity index (χ4v) is 2.78. The van der Waals surface area contributed by atoms with Crippen LogP contribution in [0.2, 0.25) is 0 Å². The van der Waals surface area contributed by atoms with E-state index in [9.17, 15) is 23.2 Å². The third kappa shape index (κ3) is 3.52. The molecule has 2 aromatic carbocycles. The van der Waals surface area contributed by atoms with E-state index in [2.05, 4.69) is 4.98 Å². The maximum Gasteiger partial charge on any atom is 0.416 e. The maximum atomic E-state index is 13.1. The Bertz CT molecular complexity index is 1030. The molecule has 1 aromatic heterocycles. The molecule has 0 saturated heterocycles. The Morgan fingerprint density at radius 2 is 1.62 bits per heavy atom. The van der Waals surface area contributed by atoms with Gasteiger partial charge in [-0.15, -0.1) is 0 Å². The lowest BCUT2D eigenvalue weighted by atomic mass is 9.98. The number of alkyl halides is 3. The van der Waals surface area contributed by atoms with Crippen molar-refractivity contribution in [3.8, 4) is 17.3 Å². The molecule has 1 N–H and O–H groups in total. The number of pyridine rings is 1. The van der Waals surface area contributed by atoms with Gasteiger partial charge in [0.2, 0.25) is 0 Å². The Morgan fingerprint density at radius 1 is 0.962 bits per heavy atom. The van der Waals surface area contributed by atoms with Crippen LogP contribution in [0.15, 0.2) is 65.5 Å². The van der Waals surface area contributed by atoms with Gasteiger partial charge in [0.05, 0.1) is 16.8 Å². The van der Waals surface area contributed by atoms with Crippen LogP contribution in [-0.4, -0.2) is 4.98 Å². The number of aromatic amines is 1. The third-order valence-corrected chi connectivity index (χ3v) is 4.00. The van der Waals surface area contributed by atoms with Crippen molar-refractivity contribution in [2.75, 3.05) is 0 Å². The zero-order valence-electron chi connectivity index (χ0n) is 13.5. The molecule has 0 unspecified atom stereocenters. The SMILES string of the molecule is N#Cc1cc(Cc2ccccc2C(F)(F)F)c(=O)[nH]c1-c1ccccc1. The molecule has 0 fully saturated rings. The highest BCUT2D eigenvalue weighted by molar-refractivity contribution is 5.66.